The van der Waals surface area contributed by atoms with E-state index in [1.165, 1.54) is 0 Å². The van der Waals surface area contributed by atoms with Gasteiger partial charge in [0.05, 0.1) is 14.2 Å². The molecule has 1 saturated heterocycles. The number of benzene rings is 1. The second-order valence-corrected chi connectivity index (χ2v) is 9.42. The summed E-state index contributed by atoms with van der Waals surface area (Å²) in [6.45, 7) is 6.56. The van der Waals surface area contributed by atoms with E-state index in [2.05, 4.69) is 42.8 Å². The maximum Gasteiger partial charge on any atom is 0.224 e. The molecule has 0 aliphatic carbocycles. The molecule has 0 saturated carbocycles. The third-order valence-electron chi connectivity index (χ3n) is 6.59. The van der Waals surface area contributed by atoms with Crippen molar-refractivity contribution >= 4 is 11.9 Å². The number of nitrogens with zero attached hydrogens (tertiary/aromatic N) is 5. The van der Waals surface area contributed by atoms with Crippen molar-refractivity contribution in [1.29, 1.82) is 0 Å². The Balaban J connectivity index is 1.41. The molecule has 5 N–H and O–H groups in total. The Morgan fingerprint density at radius 1 is 1.05 bits per heavy atom. The lowest BCUT2D eigenvalue weighted by Crippen LogP contribution is -2.61. The zero-order valence-electron chi connectivity index (χ0n) is 22.0. The molecule has 4 rings (SSSR count). The van der Waals surface area contributed by atoms with Crippen LogP contribution < -0.4 is 31.2 Å². The van der Waals surface area contributed by atoms with Crippen molar-refractivity contribution in [3.63, 3.8) is 0 Å². The van der Waals surface area contributed by atoms with Crippen LogP contribution in [0.5, 0.6) is 11.5 Å². The number of likely N-dealkylation sites (N-methyl/N-ethyl adjacent to an activating group) is 1. The summed E-state index contributed by atoms with van der Waals surface area (Å²) in [5.41, 5.74) is 8.90. The molecule has 0 radical (unpaired) electrons. The number of methoxy groups -OCH3 is 2. The minimum atomic E-state index is -1.03. The van der Waals surface area contributed by atoms with Crippen molar-refractivity contribution in [2.24, 2.45) is 15.7 Å². The maximum atomic E-state index is 6.77. The number of hydrogen-bond acceptors (Lipinski definition) is 11. The number of nitrogens with one attached hydrogen (secondary N) is 3. The highest BCUT2D eigenvalue weighted by atomic mass is 16.5. The Kier molecular flexibility index (Phi) is 9.15. The zero-order valence-corrected chi connectivity index (χ0v) is 22.0. The number of aliphatic imine (C=N–C) groups is 2. The van der Waals surface area contributed by atoms with E-state index < -0.39 is 5.79 Å². The third kappa shape index (κ3) is 7.78. The van der Waals surface area contributed by atoms with Gasteiger partial charge in [0.2, 0.25) is 11.9 Å². The highest BCUT2D eigenvalue weighted by Crippen LogP contribution is 2.28. The molecule has 11 heteroatoms. The number of hydrogen-bond donors (Lipinski definition) is 4. The molecule has 0 amide bonds. The van der Waals surface area contributed by atoms with Crippen molar-refractivity contribution in [3.8, 4) is 11.5 Å². The molecule has 2 aromatic rings. The van der Waals surface area contributed by atoms with Crippen LogP contribution >= 0.6 is 0 Å². The number of aromatic nitrogens is 1. The Morgan fingerprint density at radius 2 is 1.86 bits per heavy atom. The van der Waals surface area contributed by atoms with Crippen molar-refractivity contribution in [2.45, 2.75) is 25.2 Å². The lowest BCUT2D eigenvalue weighted by atomic mass is 10.1. The molecular weight excluding hydrogens is 470 g/mol. The SMILES string of the molecule is COc1ccc(CCC2(N)N=C(NCCN3CCN(C)CC3)N=C(NCc3cccnc3)N2)cc1OC. The monoisotopic (exact) mass is 509 g/mol. The third-order valence-corrected chi connectivity index (χ3v) is 6.59. The van der Waals surface area contributed by atoms with Gasteiger partial charge >= 0.3 is 0 Å². The van der Waals surface area contributed by atoms with E-state index in [1.807, 2.05) is 36.5 Å². The first kappa shape index (κ1) is 26.6. The fraction of sp³-hybridized carbons (Fsp3) is 0.500. The summed E-state index contributed by atoms with van der Waals surface area (Å²) in [6, 6.07) is 9.82. The van der Waals surface area contributed by atoms with Crippen LogP contribution in [0.25, 0.3) is 0 Å². The van der Waals surface area contributed by atoms with Gasteiger partial charge < -0.3 is 30.3 Å². The van der Waals surface area contributed by atoms with Gasteiger partial charge in [0.15, 0.2) is 17.3 Å². The first-order valence-corrected chi connectivity index (χ1v) is 12.7. The number of pyridine rings is 1. The standard InChI is InChI=1S/C26H39N9O2/c1-34-13-15-35(16-14-34)12-11-29-24-31-25(30-19-21-5-4-10-28-18-21)33-26(27,32-24)9-8-20-6-7-22(36-2)23(17-20)37-3/h4-7,10,17-18H,8-9,11-16,19,27H2,1-3H3,(H3,29,30,31,32,33). The Bertz CT molecular complexity index is 1070. The van der Waals surface area contributed by atoms with Crippen LogP contribution in [0.1, 0.15) is 17.5 Å². The van der Waals surface area contributed by atoms with E-state index in [1.54, 1.807) is 20.4 Å². The highest BCUT2D eigenvalue weighted by molar-refractivity contribution is 5.97. The van der Waals surface area contributed by atoms with Crippen LogP contribution in [-0.2, 0) is 13.0 Å². The number of guanidine groups is 2. The fourth-order valence-corrected chi connectivity index (χ4v) is 4.32. The Labute approximate surface area is 219 Å². The summed E-state index contributed by atoms with van der Waals surface area (Å²) in [4.78, 5) is 18.4. The summed E-state index contributed by atoms with van der Waals surface area (Å²) < 4.78 is 10.8. The van der Waals surface area contributed by atoms with E-state index >= 15 is 0 Å². The normalized spacial score (nSPS) is 20.4. The number of ether oxygens (including phenoxy) is 2. The minimum Gasteiger partial charge on any atom is -0.493 e. The summed E-state index contributed by atoms with van der Waals surface area (Å²) in [5.74, 6) is 1.47. The molecule has 11 nitrogen and oxygen atoms in total. The van der Waals surface area contributed by atoms with E-state index in [0.29, 0.717) is 42.8 Å². The quantitative estimate of drug-likeness (QED) is 0.364. The molecule has 0 spiro atoms. The van der Waals surface area contributed by atoms with Crippen LogP contribution in [0.2, 0.25) is 0 Å². The molecule has 37 heavy (non-hydrogen) atoms. The number of rotatable bonds is 10. The summed E-state index contributed by atoms with van der Waals surface area (Å²) in [6.07, 6.45) is 4.83. The molecule has 1 unspecified atom stereocenters. The Morgan fingerprint density at radius 3 is 2.59 bits per heavy atom. The summed E-state index contributed by atoms with van der Waals surface area (Å²) in [7, 11) is 5.43. The van der Waals surface area contributed by atoms with E-state index in [4.69, 9.17) is 20.2 Å². The number of aryl methyl sites for hydroxylation is 1. The van der Waals surface area contributed by atoms with Crippen LogP contribution in [0.3, 0.4) is 0 Å². The van der Waals surface area contributed by atoms with Gasteiger partial charge in [-0.15, -0.1) is 0 Å². The van der Waals surface area contributed by atoms with Crippen molar-refractivity contribution in [3.05, 3.63) is 53.9 Å². The molecule has 2 aliphatic rings. The average Bonchev–Trinajstić information content (AvgIpc) is 2.92. The molecule has 1 aromatic carbocycles. The molecule has 1 atom stereocenters. The first-order valence-electron chi connectivity index (χ1n) is 12.7. The van der Waals surface area contributed by atoms with E-state index in [9.17, 15) is 0 Å². The lowest BCUT2D eigenvalue weighted by molar-refractivity contribution is 0.156. The molecule has 200 valence electrons. The van der Waals surface area contributed by atoms with Gasteiger partial charge in [-0.2, -0.15) is 4.99 Å². The largest absolute Gasteiger partial charge is 0.493 e. The number of piperazine rings is 1. The highest BCUT2D eigenvalue weighted by Gasteiger charge is 2.30. The first-order chi connectivity index (χ1) is 18.0. The number of nitrogens with two attached hydrogens (primary N) is 1. The average molecular weight is 510 g/mol. The van der Waals surface area contributed by atoms with Crippen molar-refractivity contribution in [1.82, 2.24) is 30.7 Å². The lowest BCUT2D eigenvalue weighted by Gasteiger charge is -2.33. The molecule has 2 aliphatic heterocycles. The molecule has 3 heterocycles. The zero-order chi connectivity index (χ0) is 26.1. The van der Waals surface area contributed by atoms with Gasteiger partial charge in [0, 0.05) is 64.6 Å². The topological polar surface area (TPSA) is 125 Å². The van der Waals surface area contributed by atoms with Gasteiger partial charge in [0.25, 0.3) is 0 Å². The predicted octanol–water partition coefficient (Wildman–Crippen LogP) is 0.586. The maximum absolute atomic E-state index is 6.77. The van der Waals surface area contributed by atoms with Crippen LogP contribution in [-0.4, -0.2) is 93.0 Å². The molecular formula is C26H39N9O2. The van der Waals surface area contributed by atoms with Crippen LogP contribution in [0.15, 0.2) is 52.7 Å². The summed E-state index contributed by atoms with van der Waals surface area (Å²) in [5, 5.41) is 10.0. The van der Waals surface area contributed by atoms with Gasteiger partial charge in [-0.1, -0.05) is 12.1 Å². The second-order valence-electron chi connectivity index (χ2n) is 9.42. The van der Waals surface area contributed by atoms with Gasteiger partial charge in [-0.25, -0.2) is 4.99 Å². The van der Waals surface area contributed by atoms with Crippen molar-refractivity contribution in [2.75, 3.05) is 60.5 Å². The van der Waals surface area contributed by atoms with E-state index in [-0.39, 0.29) is 0 Å². The predicted molar refractivity (Wildman–Crippen MR) is 146 cm³/mol. The van der Waals surface area contributed by atoms with E-state index in [0.717, 1.165) is 50.4 Å². The second kappa shape index (κ2) is 12.7. The molecule has 1 aromatic heterocycles. The van der Waals surface area contributed by atoms with Gasteiger partial charge in [-0.3, -0.25) is 15.6 Å². The summed E-state index contributed by atoms with van der Waals surface area (Å²) >= 11 is 0. The molecule has 0 bridgehead atoms. The van der Waals surface area contributed by atoms with Gasteiger partial charge in [0.1, 0.15) is 0 Å². The fourth-order valence-electron chi connectivity index (χ4n) is 4.32. The molecule has 1 fully saturated rings. The van der Waals surface area contributed by atoms with Crippen LogP contribution in [0.4, 0.5) is 0 Å². The van der Waals surface area contributed by atoms with Crippen LogP contribution in [0, 0.1) is 0 Å². The smallest absolute Gasteiger partial charge is 0.224 e. The Hall–Kier alpha value is -3.41. The van der Waals surface area contributed by atoms with Gasteiger partial charge in [-0.05, 0) is 42.8 Å². The van der Waals surface area contributed by atoms with Crippen molar-refractivity contribution < 1.29 is 9.47 Å². The minimum absolute atomic E-state index is 0.524.